The van der Waals surface area contributed by atoms with Crippen molar-refractivity contribution in [2.45, 2.75) is 18.2 Å². The second-order valence-corrected chi connectivity index (χ2v) is 7.66. The Kier molecular flexibility index (Phi) is 6.60. The van der Waals surface area contributed by atoms with Crippen LogP contribution in [-0.2, 0) is 0 Å². The monoisotopic (exact) mass is 494 g/mol. The first-order chi connectivity index (χ1) is 10.0. The van der Waals surface area contributed by atoms with Crippen molar-refractivity contribution in [3.05, 3.63) is 61.5 Å². The lowest BCUT2D eigenvalue weighted by atomic mass is 10.0. The first-order valence-corrected chi connectivity index (χ1v) is 9.42. The number of hydrogen-bond acceptors (Lipinski definition) is 1. The quantitative estimate of drug-likeness (QED) is 0.399. The Balaban J connectivity index is 2.27. The van der Waals surface area contributed by atoms with Crippen molar-refractivity contribution in [3.63, 3.8) is 0 Å². The summed E-state index contributed by atoms with van der Waals surface area (Å²) in [6, 6.07) is 12.0. The van der Waals surface area contributed by atoms with Crippen LogP contribution in [0.3, 0.4) is 0 Å². The molecule has 2 rings (SSSR count). The summed E-state index contributed by atoms with van der Waals surface area (Å²) >= 11 is 17.0. The summed E-state index contributed by atoms with van der Waals surface area (Å²) in [6.45, 7) is 2.81. The van der Waals surface area contributed by atoms with Gasteiger partial charge in [-0.1, -0.05) is 62.5 Å². The maximum atomic E-state index is 6.32. The molecular formula is C16H14Br3ClO. The van der Waals surface area contributed by atoms with E-state index in [0.717, 1.165) is 37.3 Å². The zero-order valence-electron chi connectivity index (χ0n) is 11.4. The Hall–Kier alpha value is -0.0300. The fraction of sp³-hybridized carbons (Fsp3) is 0.250. The minimum atomic E-state index is 0.0367. The predicted octanol–water partition coefficient (Wildman–Crippen LogP) is 7.14. The van der Waals surface area contributed by atoms with Crippen LogP contribution in [0.2, 0.25) is 5.02 Å². The Bertz CT molecular complexity index is 631. The highest BCUT2D eigenvalue weighted by molar-refractivity contribution is 9.11. The minimum absolute atomic E-state index is 0.0367. The number of hydrogen-bond donors (Lipinski definition) is 0. The van der Waals surface area contributed by atoms with Crippen molar-refractivity contribution in [2.75, 3.05) is 6.61 Å². The van der Waals surface area contributed by atoms with Gasteiger partial charge in [-0.2, -0.15) is 0 Å². The Morgan fingerprint density at radius 2 is 1.90 bits per heavy atom. The lowest BCUT2D eigenvalue weighted by molar-refractivity contribution is 0.315. The molecule has 0 aromatic heterocycles. The van der Waals surface area contributed by atoms with Gasteiger partial charge in [0.25, 0.3) is 0 Å². The summed E-state index contributed by atoms with van der Waals surface area (Å²) in [5.74, 6) is 0.863. The van der Waals surface area contributed by atoms with Crippen LogP contribution in [0.5, 0.6) is 5.75 Å². The van der Waals surface area contributed by atoms with E-state index < -0.39 is 0 Å². The van der Waals surface area contributed by atoms with Gasteiger partial charge in [0.1, 0.15) is 5.75 Å². The van der Waals surface area contributed by atoms with Crippen LogP contribution in [0.25, 0.3) is 0 Å². The van der Waals surface area contributed by atoms with Gasteiger partial charge in [0.05, 0.1) is 15.9 Å². The highest BCUT2D eigenvalue weighted by atomic mass is 79.9. The molecule has 112 valence electrons. The van der Waals surface area contributed by atoms with Crippen molar-refractivity contribution in [1.29, 1.82) is 0 Å². The highest BCUT2D eigenvalue weighted by Gasteiger charge is 2.15. The van der Waals surface area contributed by atoms with Gasteiger partial charge in [0.15, 0.2) is 0 Å². The number of rotatable bonds is 5. The van der Waals surface area contributed by atoms with Crippen molar-refractivity contribution in [1.82, 2.24) is 0 Å². The van der Waals surface area contributed by atoms with E-state index in [4.69, 9.17) is 16.3 Å². The van der Waals surface area contributed by atoms with Gasteiger partial charge in [-0.3, -0.25) is 0 Å². The van der Waals surface area contributed by atoms with Gasteiger partial charge < -0.3 is 4.74 Å². The molecule has 0 fully saturated rings. The zero-order valence-corrected chi connectivity index (χ0v) is 16.9. The van der Waals surface area contributed by atoms with Crippen molar-refractivity contribution < 1.29 is 4.74 Å². The molecule has 21 heavy (non-hydrogen) atoms. The number of alkyl halides is 1. The van der Waals surface area contributed by atoms with Crippen LogP contribution in [0.4, 0.5) is 0 Å². The largest absolute Gasteiger partial charge is 0.492 e. The molecule has 0 radical (unpaired) electrons. The molecule has 2 aromatic carbocycles. The Morgan fingerprint density at radius 3 is 2.52 bits per heavy atom. The number of ether oxygens (including phenoxy) is 1. The van der Waals surface area contributed by atoms with Crippen LogP contribution < -0.4 is 4.74 Å². The molecule has 0 amide bonds. The molecule has 0 heterocycles. The third-order valence-corrected chi connectivity index (χ3v) is 5.41. The smallest absolute Gasteiger partial charge is 0.133 e. The van der Waals surface area contributed by atoms with E-state index >= 15 is 0 Å². The summed E-state index contributed by atoms with van der Waals surface area (Å²) in [6.07, 6.45) is 0.990. The van der Waals surface area contributed by atoms with E-state index in [1.165, 1.54) is 0 Å². The van der Waals surface area contributed by atoms with E-state index in [9.17, 15) is 0 Å². The average molecular weight is 497 g/mol. The van der Waals surface area contributed by atoms with Crippen LogP contribution in [-0.4, -0.2) is 6.61 Å². The summed E-state index contributed by atoms with van der Waals surface area (Å²) in [5, 5.41) is 0.730. The molecular weight excluding hydrogens is 483 g/mol. The van der Waals surface area contributed by atoms with Gasteiger partial charge in [0.2, 0.25) is 0 Å². The van der Waals surface area contributed by atoms with E-state index in [1.807, 2.05) is 30.3 Å². The highest BCUT2D eigenvalue weighted by Crippen LogP contribution is 2.39. The lowest BCUT2D eigenvalue weighted by Gasteiger charge is -2.15. The lowest BCUT2D eigenvalue weighted by Crippen LogP contribution is -1.98. The average Bonchev–Trinajstić information content (AvgIpc) is 2.45. The predicted molar refractivity (Wildman–Crippen MR) is 99.9 cm³/mol. The SMILES string of the molecule is CCCOc1ccc(C(Br)c2ccc(Br)cc2Cl)cc1Br. The van der Waals surface area contributed by atoms with Crippen LogP contribution in [0, 0.1) is 0 Å². The summed E-state index contributed by atoms with van der Waals surface area (Å²) in [4.78, 5) is 0.0367. The van der Waals surface area contributed by atoms with Crippen LogP contribution in [0.15, 0.2) is 45.3 Å². The molecule has 0 aliphatic rings. The third-order valence-electron chi connectivity index (χ3n) is 2.95. The molecule has 0 N–H and O–H groups in total. The molecule has 0 bridgehead atoms. The van der Waals surface area contributed by atoms with Crippen molar-refractivity contribution in [3.8, 4) is 5.75 Å². The Labute approximate surface area is 155 Å². The van der Waals surface area contributed by atoms with Crippen LogP contribution in [0.1, 0.15) is 29.3 Å². The molecule has 0 saturated heterocycles. The second kappa shape index (κ2) is 8.00. The summed E-state index contributed by atoms with van der Waals surface area (Å²) in [5.41, 5.74) is 2.16. The molecule has 2 aromatic rings. The zero-order chi connectivity index (χ0) is 15.4. The molecule has 0 aliphatic heterocycles. The van der Waals surface area contributed by atoms with Gasteiger partial charge in [-0.25, -0.2) is 0 Å². The molecule has 0 aliphatic carbocycles. The maximum Gasteiger partial charge on any atom is 0.133 e. The van der Waals surface area contributed by atoms with E-state index in [-0.39, 0.29) is 4.83 Å². The Morgan fingerprint density at radius 1 is 1.14 bits per heavy atom. The van der Waals surface area contributed by atoms with Crippen molar-refractivity contribution in [2.24, 2.45) is 0 Å². The van der Waals surface area contributed by atoms with E-state index in [1.54, 1.807) is 0 Å². The van der Waals surface area contributed by atoms with E-state index in [0.29, 0.717) is 6.61 Å². The topological polar surface area (TPSA) is 9.23 Å². The molecule has 0 spiro atoms. The molecule has 1 unspecified atom stereocenters. The normalized spacial score (nSPS) is 12.2. The van der Waals surface area contributed by atoms with Gasteiger partial charge in [-0.05, 0) is 57.7 Å². The summed E-state index contributed by atoms with van der Waals surface area (Å²) in [7, 11) is 0. The first-order valence-electron chi connectivity index (χ1n) is 6.54. The molecule has 0 saturated carbocycles. The molecule has 1 atom stereocenters. The second-order valence-electron chi connectivity index (χ2n) is 4.57. The number of halogens is 4. The fourth-order valence-electron chi connectivity index (χ4n) is 1.89. The molecule has 5 heteroatoms. The molecule has 1 nitrogen and oxygen atoms in total. The summed E-state index contributed by atoms with van der Waals surface area (Å²) < 4.78 is 7.59. The van der Waals surface area contributed by atoms with Crippen molar-refractivity contribution >= 4 is 59.4 Å². The fourth-order valence-corrected chi connectivity index (χ4v) is 4.00. The minimum Gasteiger partial charge on any atom is -0.492 e. The first kappa shape index (κ1) is 17.3. The van der Waals surface area contributed by atoms with Gasteiger partial charge in [-0.15, -0.1) is 0 Å². The maximum absolute atomic E-state index is 6.32. The third kappa shape index (κ3) is 4.47. The van der Waals surface area contributed by atoms with Gasteiger partial charge >= 0.3 is 0 Å². The van der Waals surface area contributed by atoms with Gasteiger partial charge in [0, 0.05) is 9.50 Å². The number of benzene rings is 2. The standard InChI is InChI=1S/C16H14Br3ClO/c1-2-7-21-15-6-3-10(8-13(15)18)16(19)12-5-4-11(17)9-14(12)20/h3-6,8-9,16H,2,7H2,1H3. The van der Waals surface area contributed by atoms with E-state index in [2.05, 4.69) is 60.8 Å². The van der Waals surface area contributed by atoms with Crippen LogP contribution >= 0.6 is 59.4 Å².